The zero-order valence-corrected chi connectivity index (χ0v) is 12.0. The number of hydrogen-bond acceptors (Lipinski definition) is 6. The first-order valence-corrected chi connectivity index (χ1v) is 6.84. The van der Waals surface area contributed by atoms with E-state index in [1.807, 2.05) is 19.2 Å². The number of hydrogen-bond donors (Lipinski definition) is 2. The summed E-state index contributed by atoms with van der Waals surface area (Å²) >= 11 is 1.60. The first kappa shape index (κ1) is 15.5. The van der Waals surface area contributed by atoms with Crippen molar-refractivity contribution in [2.45, 2.75) is 25.5 Å². The van der Waals surface area contributed by atoms with Crippen LogP contribution in [0.25, 0.3) is 0 Å². The average Bonchev–Trinajstić information content (AvgIpc) is 2.87. The topological polar surface area (TPSA) is 63.6 Å². The second-order valence-corrected chi connectivity index (χ2v) is 5.46. The first-order valence-electron chi connectivity index (χ1n) is 5.96. The lowest BCUT2D eigenvalue weighted by Crippen LogP contribution is -2.42. The fourth-order valence-corrected chi connectivity index (χ4v) is 2.14. The Hall–Kier alpha value is -0.530. The number of nitrogens with one attached hydrogen (secondary N) is 1. The lowest BCUT2D eigenvalue weighted by atomic mass is 10.1. The normalized spacial score (nSPS) is 13.8. The molecule has 0 aromatic carbocycles. The summed E-state index contributed by atoms with van der Waals surface area (Å²) in [6, 6.07) is 0. The summed E-state index contributed by atoms with van der Waals surface area (Å²) < 4.78 is 10.1. The maximum atomic E-state index is 9.76. The molecule has 0 amide bonds. The molecule has 1 atom stereocenters. The lowest BCUT2D eigenvalue weighted by Gasteiger charge is -2.25. The van der Waals surface area contributed by atoms with Crippen LogP contribution in [0.3, 0.4) is 0 Å². The molecular weight excluding hydrogens is 252 g/mol. The summed E-state index contributed by atoms with van der Waals surface area (Å²) in [5, 5.41) is 16.0. The molecule has 0 saturated heterocycles. The van der Waals surface area contributed by atoms with E-state index in [4.69, 9.17) is 9.47 Å². The predicted octanol–water partition coefficient (Wildman–Crippen LogP) is 0.992. The molecule has 1 aromatic heterocycles. The summed E-state index contributed by atoms with van der Waals surface area (Å²) in [5.74, 6) is 0. The van der Waals surface area contributed by atoms with Crippen molar-refractivity contribution >= 4 is 11.3 Å². The molecule has 0 spiro atoms. The number of nitrogens with zero attached hydrogens (tertiary/aromatic N) is 1. The molecule has 0 aliphatic carbocycles. The fraction of sp³-hybridized carbons (Fsp3) is 0.750. The SMILES string of the molecule is COCCOCC(O)CNC(C)(C)c1nccs1. The zero-order valence-electron chi connectivity index (χ0n) is 11.2. The Morgan fingerprint density at radius 2 is 2.28 bits per heavy atom. The number of methoxy groups -OCH3 is 1. The number of aliphatic hydroxyl groups excluding tert-OH is 1. The van der Waals surface area contributed by atoms with Crippen molar-refractivity contribution in [3.05, 3.63) is 16.6 Å². The molecule has 1 unspecified atom stereocenters. The number of aromatic nitrogens is 1. The highest BCUT2D eigenvalue weighted by Gasteiger charge is 2.23. The number of aliphatic hydroxyl groups is 1. The van der Waals surface area contributed by atoms with E-state index in [1.54, 1.807) is 24.6 Å². The van der Waals surface area contributed by atoms with Crippen LogP contribution in [0, 0.1) is 0 Å². The van der Waals surface area contributed by atoms with E-state index >= 15 is 0 Å². The largest absolute Gasteiger partial charge is 0.389 e. The van der Waals surface area contributed by atoms with Gasteiger partial charge in [-0.15, -0.1) is 11.3 Å². The Bertz CT molecular complexity index is 317. The van der Waals surface area contributed by atoms with E-state index in [9.17, 15) is 5.11 Å². The van der Waals surface area contributed by atoms with Gasteiger partial charge in [-0.25, -0.2) is 4.98 Å². The number of rotatable bonds is 9. The Balaban J connectivity index is 2.23. The van der Waals surface area contributed by atoms with Crippen LogP contribution in [-0.2, 0) is 15.0 Å². The molecule has 1 heterocycles. The van der Waals surface area contributed by atoms with Gasteiger partial charge in [0, 0.05) is 25.2 Å². The number of ether oxygens (including phenoxy) is 2. The third kappa shape index (κ3) is 5.41. The van der Waals surface area contributed by atoms with E-state index in [-0.39, 0.29) is 5.54 Å². The van der Waals surface area contributed by atoms with Gasteiger partial charge in [0.05, 0.1) is 31.5 Å². The molecule has 0 saturated carbocycles. The molecule has 0 bridgehead atoms. The molecular formula is C12H22N2O3S. The van der Waals surface area contributed by atoms with Crippen molar-refractivity contribution in [2.75, 3.05) is 33.5 Å². The van der Waals surface area contributed by atoms with Crippen LogP contribution in [0.5, 0.6) is 0 Å². The van der Waals surface area contributed by atoms with E-state index in [1.165, 1.54) is 0 Å². The molecule has 0 radical (unpaired) electrons. The summed E-state index contributed by atoms with van der Waals surface area (Å²) in [5.41, 5.74) is -0.234. The van der Waals surface area contributed by atoms with E-state index < -0.39 is 6.10 Å². The van der Waals surface area contributed by atoms with E-state index in [2.05, 4.69) is 10.3 Å². The van der Waals surface area contributed by atoms with Crippen molar-refractivity contribution in [3.63, 3.8) is 0 Å². The van der Waals surface area contributed by atoms with Crippen molar-refractivity contribution < 1.29 is 14.6 Å². The zero-order chi connectivity index (χ0) is 13.4. The Labute approximate surface area is 112 Å². The molecule has 0 aliphatic rings. The van der Waals surface area contributed by atoms with Crippen molar-refractivity contribution in [1.29, 1.82) is 0 Å². The van der Waals surface area contributed by atoms with E-state index in [0.717, 1.165) is 5.01 Å². The summed E-state index contributed by atoms with van der Waals surface area (Å²) in [4.78, 5) is 4.28. The van der Waals surface area contributed by atoms with Gasteiger partial charge < -0.3 is 19.9 Å². The van der Waals surface area contributed by atoms with Gasteiger partial charge in [0.1, 0.15) is 5.01 Å². The molecule has 5 nitrogen and oxygen atoms in total. The smallest absolute Gasteiger partial charge is 0.112 e. The highest BCUT2D eigenvalue weighted by atomic mass is 32.1. The highest BCUT2D eigenvalue weighted by Crippen LogP contribution is 2.21. The van der Waals surface area contributed by atoms with Crippen LogP contribution in [0.1, 0.15) is 18.9 Å². The van der Waals surface area contributed by atoms with Gasteiger partial charge in [0.2, 0.25) is 0 Å². The van der Waals surface area contributed by atoms with Gasteiger partial charge in [0.15, 0.2) is 0 Å². The molecule has 1 aromatic rings. The van der Waals surface area contributed by atoms with Gasteiger partial charge in [-0.1, -0.05) is 0 Å². The Morgan fingerprint density at radius 1 is 1.50 bits per heavy atom. The third-order valence-corrected chi connectivity index (χ3v) is 3.59. The molecule has 0 aliphatic heterocycles. The first-order chi connectivity index (χ1) is 8.56. The molecule has 6 heteroatoms. The van der Waals surface area contributed by atoms with Crippen LogP contribution in [0.4, 0.5) is 0 Å². The number of thiazole rings is 1. The second-order valence-electron chi connectivity index (χ2n) is 4.56. The molecule has 2 N–H and O–H groups in total. The summed E-state index contributed by atoms with van der Waals surface area (Å²) in [6.07, 6.45) is 1.26. The van der Waals surface area contributed by atoms with Crippen molar-refractivity contribution in [2.24, 2.45) is 0 Å². The Kier molecular flexibility index (Phi) is 6.73. The lowest BCUT2D eigenvalue weighted by molar-refractivity contribution is 0.0114. The van der Waals surface area contributed by atoms with Crippen LogP contribution in [-0.4, -0.2) is 49.7 Å². The van der Waals surface area contributed by atoms with Gasteiger partial charge >= 0.3 is 0 Å². The Morgan fingerprint density at radius 3 is 2.89 bits per heavy atom. The fourth-order valence-electron chi connectivity index (χ4n) is 1.40. The molecule has 1 rings (SSSR count). The minimum absolute atomic E-state index is 0.234. The third-order valence-electron chi connectivity index (χ3n) is 2.49. The predicted molar refractivity (Wildman–Crippen MR) is 71.8 cm³/mol. The minimum atomic E-state index is -0.527. The van der Waals surface area contributed by atoms with Crippen LogP contribution >= 0.6 is 11.3 Å². The van der Waals surface area contributed by atoms with Crippen LogP contribution < -0.4 is 5.32 Å². The van der Waals surface area contributed by atoms with Gasteiger partial charge in [-0.2, -0.15) is 0 Å². The maximum Gasteiger partial charge on any atom is 0.112 e. The standard InChI is InChI=1S/C12H22N2O3S/c1-12(2,11-13-4-7-18-11)14-8-10(15)9-17-6-5-16-3/h4,7,10,14-15H,5-6,8-9H2,1-3H3. The van der Waals surface area contributed by atoms with Gasteiger partial charge in [-0.05, 0) is 13.8 Å². The second kappa shape index (κ2) is 7.81. The molecule has 104 valence electrons. The van der Waals surface area contributed by atoms with Crippen molar-refractivity contribution in [1.82, 2.24) is 10.3 Å². The summed E-state index contributed by atoms with van der Waals surface area (Å²) in [6.45, 7) is 5.92. The summed E-state index contributed by atoms with van der Waals surface area (Å²) in [7, 11) is 1.62. The van der Waals surface area contributed by atoms with Gasteiger partial charge in [0.25, 0.3) is 0 Å². The van der Waals surface area contributed by atoms with Gasteiger partial charge in [-0.3, -0.25) is 0 Å². The monoisotopic (exact) mass is 274 g/mol. The molecule has 0 fully saturated rings. The van der Waals surface area contributed by atoms with Crippen LogP contribution in [0.2, 0.25) is 0 Å². The maximum absolute atomic E-state index is 9.76. The van der Waals surface area contributed by atoms with Crippen LogP contribution in [0.15, 0.2) is 11.6 Å². The highest BCUT2D eigenvalue weighted by molar-refractivity contribution is 7.09. The molecule has 18 heavy (non-hydrogen) atoms. The van der Waals surface area contributed by atoms with E-state index in [0.29, 0.717) is 26.4 Å². The quantitative estimate of drug-likeness (QED) is 0.658. The van der Waals surface area contributed by atoms with Crippen molar-refractivity contribution in [3.8, 4) is 0 Å². The average molecular weight is 274 g/mol. The minimum Gasteiger partial charge on any atom is -0.389 e.